The zero-order chi connectivity index (χ0) is 12.6. The first kappa shape index (κ1) is 13.9. The molecule has 88 valence electrons. The molecule has 0 bridgehead atoms. The van der Waals surface area contributed by atoms with Gasteiger partial charge in [0.25, 0.3) is 0 Å². The summed E-state index contributed by atoms with van der Waals surface area (Å²) >= 11 is 0. The van der Waals surface area contributed by atoms with Gasteiger partial charge in [0.15, 0.2) is 0 Å². The summed E-state index contributed by atoms with van der Waals surface area (Å²) < 4.78 is 8.89. The Hall–Kier alpha value is -2.11. The van der Waals surface area contributed by atoms with Gasteiger partial charge >= 0.3 is 17.9 Å². The van der Waals surface area contributed by atoms with E-state index >= 15 is 0 Å². The zero-order valence-electron chi connectivity index (χ0n) is 8.93. The molecule has 6 heteroatoms. The molecule has 0 aliphatic heterocycles. The maximum absolute atomic E-state index is 11.2. The van der Waals surface area contributed by atoms with E-state index in [0.29, 0.717) is 6.08 Å². The Morgan fingerprint density at radius 2 is 1.88 bits per heavy atom. The van der Waals surface area contributed by atoms with Gasteiger partial charge in [0.05, 0.1) is 19.3 Å². The quantitative estimate of drug-likeness (QED) is 0.413. The Morgan fingerprint density at radius 1 is 1.25 bits per heavy atom. The average molecular weight is 228 g/mol. The number of hydrogen-bond donors (Lipinski definition) is 1. The van der Waals surface area contributed by atoms with Crippen LogP contribution in [-0.4, -0.2) is 36.7 Å². The molecule has 0 spiro atoms. The van der Waals surface area contributed by atoms with Gasteiger partial charge in [-0.15, -0.1) is 0 Å². The van der Waals surface area contributed by atoms with Crippen molar-refractivity contribution in [3.63, 3.8) is 0 Å². The molecular formula is C10H12O6. The highest BCUT2D eigenvalue weighted by Crippen LogP contribution is 2.01. The van der Waals surface area contributed by atoms with Crippen LogP contribution >= 0.6 is 0 Å². The zero-order valence-corrected chi connectivity index (χ0v) is 8.93. The number of methoxy groups -OCH3 is 1. The molecule has 16 heavy (non-hydrogen) atoms. The second-order valence-electron chi connectivity index (χ2n) is 2.51. The molecule has 0 saturated heterocycles. The number of ether oxygens (including phenoxy) is 2. The molecule has 0 aliphatic carbocycles. The van der Waals surface area contributed by atoms with Crippen LogP contribution in [0.15, 0.2) is 23.8 Å². The minimum atomic E-state index is -1.31. The fourth-order valence-electron chi connectivity index (χ4n) is 0.748. The van der Waals surface area contributed by atoms with Crippen LogP contribution in [0.3, 0.4) is 0 Å². The smallest absolute Gasteiger partial charge is 0.338 e. The highest BCUT2D eigenvalue weighted by Gasteiger charge is 2.09. The third kappa shape index (κ3) is 5.58. The number of carboxylic acids is 1. The van der Waals surface area contributed by atoms with Crippen molar-refractivity contribution in [3.05, 3.63) is 23.8 Å². The predicted molar refractivity (Wildman–Crippen MR) is 53.5 cm³/mol. The van der Waals surface area contributed by atoms with Gasteiger partial charge in [-0.2, -0.15) is 0 Å². The Balaban J connectivity index is 4.83. The molecule has 1 N–H and O–H groups in total. The third-order valence-electron chi connectivity index (χ3n) is 1.39. The van der Waals surface area contributed by atoms with Gasteiger partial charge in [-0.3, -0.25) is 0 Å². The van der Waals surface area contributed by atoms with E-state index in [4.69, 9.17) is 5.11 Å². The summed E-state index contributed by atoms with van der Waals surface area (Å²) in [6.45, 7) is 1.70. The number of rotatable bonds is 5. The minimum Gasteiger partial charge on any atom is -0.478 e. The van der Waals surface area contributed by atoms with Crippen molar-refractivity contribution in [2.24, 2.45) is 0 Å². The molecule has 0 aromatic rings. The molecular weight excluding hydrogens is 216 g/mol. The molecule has 0 unspecified atom stereocenters. The van der Waals surface area contributed by atoms with E-state index in [1.54, 1.807) is 6.92 Å². The van der Waals surface area contributed by atoms with Gasteiger partial charge in [-0.1, -0.05) is 0 Å². The molecule has 0 fully saturated rings. The Morgan fingerprint density at radius 3 is 2.31 bits per heavy atom. The lowest BCUT2D eigenvalue weighted by atomic mass is 10.2. The largest absolute Gasteiger partial charge is 0.478 e. The van der Waals surface area contributed by atoms with Gasteiger partial charge in [-0.05, 0) is 13.0 Å². The number of carbonyl (C=O) groups excluding carboxylic acids is 2. The number of carbonyl (C=O) groups is 3. The van der Waals surface area contributed by atoms with Gasteiger partial charge in [0.2, 0.25) is 0 Å². The topological polar surface area (TPSA) is 89.9 Å². The molecule has 0 saturated carbocycles. The first-order chi connectivity index (χ1) is 7.51. The van der Waals surface area contributed by atoms with Gasteiger partial charge < -0.3 is 14.6 Å². The van der Waals surface area contributed by atoms with Crippen LogP contribution in [0.4, 0.5) is 0 Å². The maximum atomic E-state index is 11.2. The molecule has 0 radical (unpaired) electrons. The van der Waals surface area contributed by atoms with Crippen molar-refractivity contribution in [3.8, 4) is 0 Å². The highest BCUT2D eigenvalue weighted by molar-refractivity contribution is 5.99. The fraction of sp³-hybridized carbons (Fsp3) is 0.300. The SMILES string of the molecule is CCOC(=O)C(=C\C(=O)O)/C=C/C(=O)OC. The van der Waals surface area contributed by atoms with Crippen molar-refractivity contribution in [2.75, 3.05) is 13.7 Å². The summed E-state index contributed by atoms with van der Waals surface area (Å²) in [4.78, 5) is 32.4. The predicted octanol–water partition coefficient (Wildman–Crippen LogP) is 0.290. The van der Waals surface area contributed by atoms with Crippen molar-refractivity contribution in [2.45, 2.75) is 6.92 Å². The highest BCUT2D eigenvalue weighted by atomic mass is 16.5. The number of hydrogen-bond acceptors (Lipinski definition) is 5. The van der Waals surface area contributed by atoms with E-state index in [-0.39, 0.29) is 12.2 Å². The van der Waals surface area contributed by atoms with E-state index < -0.39 is 17.9 Å². The third-order valence-corrected chi connectivity index (χ3v) is 1.39. The Labute approximate surface area is 92.2 Å². The molecule has 0 atom stereocenters. The van der Waals surface area contributed by atoms with Crippen molar-refractivity contribution < 1.29 is 29.0 Å². The van der Waals surface area contributed by atoms with Gasteiger partial charge in [-0.25, -0.2) is 14.4 Å². The number of carboxylic acid groups (broad SMARTS) is 1. The van der Waals surface area contributed by atoms with Crippen LogP contribution in [0.2, 0.25) is 0 Å². The summed E-state index contributed by atoms with van der Waals surface area (Å²) in [6.07, 6.45) is 2.61. The Bertz CT molecular complexity index is 339. The van der Waals surface area contributed by atoms with Crippen LogP contribution < -0.4 is 0 Å². The summed E-state index contributed by atoms with van der Waals surface area (Å²) in [7, 11) is 1.16. The van der Waals surface area contributed by atoms with Gasteiger partial charge in [0.1, 0.15) is 0 Å². The molecule has 0 amide bonds. The van der Waals surface area contributed by atoms with Gasteiger partial charge in [0, 0.05) is 12.2 Å². The maximum Gasteiger partial charge on any atom is 0.338 e. The van der Waals surface area contributed by atoms with E-state index in [1.165, 1.54) is 0 Å². The number of esters is 2. The summed E-state index contributed by atoms with van der Waals surface area (Å²) in [5.74, 6) is -2.82. The summed E-state index contributed by atoms with van der Waals surface area (Å²) in [6, 6.07) is 0. The first-order valence-electron chi connectivity index (χ1n) is 4.39. The van der Waals surface area contributed by atoms with Crippen LogP contribution in [0.1, 0.15) is 6.92 Å². The molecule has 0 aromatic heterocycles. The van der Waals surface area contributed by atoms with E-state index in [1.807, 2.05) is 0 Å². The standard InChI is InChI=1S/C10H12O6/c1-3-16-10(14)7(6-8(11)12)4-5-9(13)15-2/h4-6H,3H2,1-2H3,(H,11,12)/b5-4+,7-6-. The second kappa shape index (κ2) is 7.22. The number of aliphatic carboxylic acids is 1. The molecule has 0 aliphatic rings. The molecule has 0 aromatic carbocycles. The van der Waals surface area contributed by atoms with Crippen molar-refractivity contribution in [1.82, 2.24) is 0 Å². The second-order valence-corrected chi connectivity index (χ2v) is 2.51. The summed E-state index contributed by atoms with van der Waals surface area (Å²) in [5, 5.41) is 8.49. The lowest BCUT2D eigenvalue weighted by Crippen LogP contribution is -2.08. The monoisotopic (exact) mass is 228 g/mol. The first-order valence-corrected chi connectivity index (χ1v) is 4.39. The Kier molecular flexibility index (Phi) is 6.27. The molecule has 0 rings (SSSR count). The van der Waals surface area contributed by atoms with Crippen LogP contribution in [-0.2, 0) is 23.9 Å². The van der Waals surface area contributed by atoms with Crippen molar-refractivity contribution >= 4 is 17.9 Å². The van der Waals surface area contributed by atoms with Crippen molar-refractivity contribution in [1.29, 1.82) is 0 Å². The van der Waals surface area contributed by atoms with Crippen LogP contribution in [0.25, 0.3) is 0 Å². The lowest BCUT2D eigenvalue weighted by Gasteiger charge is -2.00. The van der Waals surface area contributed by atoms with Crippen LogP contribution in [0, 0.1) is 0 Å². The van der Waals surface area contributed by atoms with E-state index in [2.05, 4.69) is 9.47 Å². The van der Waals surface area contributed by atoms with E-state index in [0.717, 1.165) is 19.3 Å². The van der Waals surface area contributed by atoms with E-state index in [9.17, 15) is 14.4 Å². The fourth-order valence-corrected chi connectivity index (χ4v) is 0.748. The minimum absolute atomic E-state index is 0.113. The molecule has 6 nitrogen and oxygen atoms in total. The normalized spacial score (nSPS) is 11.2. The van der Waals surface area contributed by atoms with Crippen LogP contribution in [0.5, 0.6) is 0 Å². The lowest BCUT2D eigenvalue weighted by molar-refractivity contribution is -0.139. The average Bonchev–Trinajstić information content (AvgIpc) is 2.23. The molecule has 0 heterocycles. The summed E-state index contributed by atoms with van der Waals surface area (Å²) in [5.41, 5.74) is -0.236.